The molecule has 2 aromatic rings. The molecule has 0 aliphatic heterocycles. The topological polar surface area (TPSA) is 88.2 Å². The predicted molar refractivity (Wildman–Crippen MR) is 81.3 cm³/mol. The van der Waals surface area contributed by atoms with Crippen LogP contribution in [0.2, 0.25) is 5.02 Å². The Morgan fingerprint density at radius 2 is 2.18 bits per heavy atom. The van der Waals surface area contributed by atoms with Crippen LogP contribution >= 0.6 is 11.6 Å². The molecule has 1 amide bonds. The van der Waals surface area contributed by atoms with Crippen LogP contribution in [0.4, 0.5) is 0 Å². The highest BCUT2D eigenvalue weighted by atomic mass is 35.5. The number of aliphatic hydroxyl groups excluding tert-OH is 1. The Morgan fingerprint density at radius 1 is 1.45 bits per heavy atom. The lowest BCUT2D eigenvalue weighted by molar-refractivity contribution is -0.129. The summed E-state index contributed by atoms with van der Waals surface area (Å²) in [5.41, 5.74) is 0.192. The van der Waals surface area contributed by atoms with Gasteiger partial charge in [-0.2, -0.15) is 4.98 Å². The van der Waals surface area contributed by atoms with Crippen LogP contribution in [0.15, 0.2) is 28.8 Å². The molecule has 0 aliphatic carbocycles. The highest BCUT2D eigenvalue weighted by Gasteiger charge is 2.22. The standard InChI is InChI=1S/C15H18ClN3O3/c1-15(2,3)14-18-11(22-19-14)8-17-13(21)12(20)9-5-4-6-10(16)7-9/h4-7,12,20H,8H2,1-3H3,(H,17,21)/t12-/m1/s1. The summed E-state index contributed by atoms with van der Waals surface area (Å²) in [6, 6.07) is 6.50. The summed E-state index contributed by atoms with van der Waals surface area (Å²) < 4.78 is 5.07. The lowest BCUT2D eigenvalue weighted by atomic mass is 9.96. The van der Waals surface area contributed by atoms with Gasteiger partial charge in [-0.05, 0) is 17.7 Å². The Kier molecular flexibility index (Phi) is 4.83. The number of hydrogen-bond acceptors (Lipinski definition) is 5. The fourth-order valence-electron chi connectivity index (χ4n) is 1.72. The highest BCUT2D eigenvalue weighted by molar-refractivity contribution is 6.30. The van der Waals surface area contributed by atoms with E-state index in [1.54, 1.807) is 18.2 Å². The highest BCUT2D eigenvalue weighted by Crippen LogP contribution is 2.19. The van der Waals surface area contributed by atoms with Gasteiger partial charge in [0.1, 0.15) is 0 Å². The van der Waals surface area contributed by atoms with Gasteiger partial charge in [0.25, 0.3) is 5.91 Å². The number of aliphatic hydroxyl groups is 1. The minimum Gasteiger partial charge on any atom is -0.378 e. The van der Waals surface area contributed by atoms with Gasteiger partial charge in [-0.3, -0.25) is 4.79 Å². The Labute approximate surface area is 133 Å². The molecule has 0 spiro atoms. The number of nitrogens with one attached hydrogen (secondary N) is 1. The van der Waals surface area contributed by atoms with E-state index >= 15 is 0 Å². The zero-order valence-electron chi connectivity index (χ0n) is 12.6. The van der Waals surface area contributed by atoms with Crippen LogP contribution in [-0.4, -0.2) is 21.2 Å². The number of carbonyl (C=O) groups excluding carboxylic acids is 1. The number of rotatable bonds is 4. The minimum atomic E-state index is -1.30. The maximum absolute atomic E-state index is 11.9. The van der Waals surface area contributed by atoms with Crippen LogP contribution < -0.4 is 5.32 Å². The molecule has 1 atom stereocenters. The van der Waals surface area contributed by atoms with Gasteiger partial charge in [-0.15, -0.1) is 0 Å². The first-order valence-electron chi connectivity index (χ1n) is 6.81. The van der Waals surface area contributed by atoms with Gasteiger partial charge in [0.15, 0.2) is 11.9 Å². The quantitative estimate of drug-likeness (QED) is 0.901. The molecule has 1 aromatic heterocycles. The smallest absolute Gasteiger partial charge is 0.253 e. The van der Waals surface area contributed by atoms with Gasteiger partial charge in [0, 0.05) is 10.4 Å². The van der Waals surface area contributed by atoms with Crippen molar-refractivity contribution in [1.82, 2.24) is 15.5 Å². The van der Waals surface area contributed by atoms with Crippen LogP contribution in [0.5, 0.6) is 0 Å². The van der Waals surface area contributed by atoms with Crippen molar-refractivity contribution < 1.29 is 14.4 Å². The zero-order valence-corrected chi connectivity index (χ0v) is 13.4. The molecule has 0 radical (unpaired) electrons. The van der Waals surface area contributed by atoms with Gasteiger partial charge in [0.05, 0.1) is 6.54 Å². The van der Waals surface area contributed by atoms with Crippen molar-refractivity contribution in [3.63, 3.8) is 0 Å². The summed E-state index contributed by atoms with van der Waals surface area (Å²) in [6.07, 6.45) is -1.30. The first-order valence-corrected chi connectivity index (χ1v) is 7.19. The first-order chi connectivity index (χ1) is 10.3. The molecule has 1 heterocycles. The summed E-state index contributed by atoms with van der Waals surface area (Å²) in [6.45, 7) is 5.94. The van der Waals surface area contributed by atoms with Crippen LogP contribution in [0.3, 0.4) is 0 Å². The van der Waals surface area contributed by atoms with Crippen LogP contribution in [0, 0.1) is 0 Å². The van der Waals surface area contributed by atoms with Gasteiger partial charge in [0.2, 0.25) is 5.89 Å². The summed E-state index contributed by atoms with van der Waals surface area (Å²) in [5.74, 6) is 0.293. The number of nitrogens with zero attached hydrogens (tertiary/aromatic N) is 2. The van der Waals surface area contributed by atoms with Gasteiger partial charge in [-0.1, -0.05) is 49.7 Å². The lowest BCUT2D eigenvalue weighted by Gasteiger charge is -2.11. The molecule has 0 saturated carbocycles. The molecule has 7 heteroatoms. The number of amides is 1. The van der Waals surface area contributed by atoms with Crippen molar-refractivity contribution in [3.05, 3.63) is 46.6 Å². The maximum Gasteiger partial charge on any atom is 0.253 e. The van der Waals surface area contributed by atoms with E-state index in [2.05, 4.69) is 15.5 Å². The lowest BCUT2D eigenvalue weighted by Crippen LogP contribution is -2.29. The number of aromatic nitrogens is 2. The minimum absolute atomic E-state index is 0.0551. The Bertz CT molecular complexity index is 664. The third-order valence-corrected chi connectivity index (χ3v) is 3.20. The number of halogens is 1. The number of hydrogen-bond donors (Lipinski definition) is 2. The molecule has 118 valence electrons. The summed E-state index contributed by atoms with van der Waals surface area (Å²) in [4.78, 5) is 16.1. The van der Waals surface area contributed by atoms with Gasteiger partial charge in [-0.25, -0.2) is 0 Å². The average molecular weight is 324 g/mol. The van der Waals surface area contributed by atoms with Crippen molar-refractivity contribution in [2.24, 2.45) is 0 Å². The molecule has 6 nitrogen and oxygen atoms in total. The first kappa shape index (κ1) is 16.5. The van der Waals surface area contributed by atoms with Crippen molar-refractivity contribution in [1.29, 1.82) is 0 Å². The molecule has 0 unspecified atom stereocenters. The second-order valence-corrected chi connectivity index (χ2v) is 6.37. The normalized spacial score (nSPS) is 13.0. The third kappa shape index (κ3) is 4.05. The van der Waals surface area contributed by atoms with E-state index in [-0.39, 0.29) is 17.9 Å². The SMILES string of the molecule is CC(C)(C)c1noc(CNC(=O)[C@H](O)c2cccc(Cl)c2)n1. The molecule has 1 aromatic carbocycles. The molecular weight excluding hydrogens is 306 g/mol. The second-order valence-electron chi connectivity index (χ2n) is 5.94. The largest absolute Gasteiger partial charge is 0.378 e. The molecule has 2 rings (SSSR count). The van der Waals surface area contributed by atoms with E-state index in [4.69, 9.17) is 16.1 Å². The molecular formula is C15H18ClN3O3. The van der Waals surface area contributed by atoms with E-state index in [9.17, 15) is 9.90 Å². The zero-order chi connectivity index (χ0) is 16.3. The molecule has 0 saturated heterocycles. The fourth-order valence-corrected chi connectivity index (χ4v) is 1.92. The second kappa shape index (κ2) is 6.46. The van der Waals surface area contributed by atoms with Gasteiger partial charge >= 0.3 is 0 Å². The molecule has 0 fully saturated rings. The van der Waals surface area contributed by atoms with E-state index in [1.807, 2.05) is 20.8 Å². The number of carbonyl (C=O) groups is 1. The van der Waals surface area contributed by atoms with Crippen molar-refractivity contribution in [2.75, 3.05) is 0 Å². The van der Waals surface area contributed by atoms with Crippen LogP contribution in [-0.2, 0) is 16.8 Å². The summed E-state index contributed by atoms with van der Waals surface area (Å²) in [5, 5.41) is 16.9. The van der Waals surface area contributed by atoms with Crippen molar-refractivity contribution in [2.45, 2.75) is 38.8 Å². The van der Waals surface area contributed by atoms with Crippen LogP contribution in [0.25, 0.3) is 0 Å². The van der Waals surface area contributed by atoms with Crippen LogP contribution in [0.1, 0.15) is 44.2 Å². The summed E-state index contributed by atoms with van der Waals surface area (Å²) in [7, 11) is 0. The van der Waals surface area contributed by atoms with Crippen molar-refractivity contribution >= 4 is 17.5 Å². The van der Waals surface area contributed by atoms with E-state index in [1.165, 1.54) is 6.07 Å². The van der Waals surface area contributed by atoms with Crippen molar-refractivity contribution in [3.8, 4) is 0 Å². The number of benzene rings is 1. The van der Waals surface area contributed by atoms with E-state index < -0.39 is 12.0 Å². The monoisotopic (exact) mass is 323 g/mol. The fraction of sp³-hybridized carbons (Fsp3) is 0.400. The predicted octanol–water partition coefficient (Wildman–Crippen LogP) is 2.37. The third-order valence-electron chi connectivity index (χ3n) is 2.97. The average Bonchev–Trinajstić information content (AvgIpc) is 2.93. The van der Waals surface area contributed by atoms with E-state index in [0.29, 0.717) is 16.4 Å². The van der Waals surface area contributed by atoms with E-state index in [0.717, 1.165) is 0 Å². The Balaban J connectivity index is 1.96. The molecule has 0 bridgehead atoms. The molecule has 22 heavy (non-hydrogen) atoms. The Morgan fingerprint density at radius 3 is 2.77 bits per heavy atom. The maximum atomic E-state index is 11.9. The molecule has 2 N–H and O–H groups in total. The Hall–Kier alpha value is -1.92. The summed E-state index contributed by atoms with van der Waals surface area (Å²) >= 11 is 5.84. The molecule has 0 aliphatic rings. The van der Waals surface area contributed by atoms with Gasteiger partial charge < -0.3 is 14.9 Å².